The summed E-state index contributed by atoms with van der Waals surface area (Å²) in [5.74, 6) is -3.00. The van der Waals surface area contributed by atoms with Gasteiger partial charge < -0.3 is 31.6 Å². The first kappa shape index (κ1) is 43.5. The molecular weight excluding hydrogens is 747 g/mol. The van der Waals surface area contributed by atoms with Gasteiger partial charge in [0.25, 0.3) is 5.91 Å². The first-order chi connectivity index (χ1) is 28.7. The van der Waals surface area contributed by atoms with Crippen molar-refractivity contribution in [2.75, 3.05) is 13.1 Å². The Bertz CT molecular complexity index is 1910. The monoisotopic (exact) mass is 809 g/mol. The number of H-pyrrole nitrogens is 1. The van der Waals surface area contributed by atoms with Gasteiger partial charge in [0.1, 0.15) is 30.2 Å². The third-order valence-electron chi connectivity index (χ3n) is 12.4. The van der Waals surface area contributed by atoms with Gasteiger partial charge in [0.2, 0.25) is 29.5 Å². The number of aryl methyl sites for hydroxylation is 1. The van der Waals surface area contributed by atoms with E-state index in [1.54, 1.807) is 0 Å². The first-order valence-electron chi connectivity index (χ1n) is 22.0. The van der Waals surface area contributed by atoms with E-state index in [-0.39, 0.29) is 44.7 Å². The Morgan fingerprint density at radius 3 is 2.22 bits per heavy atom. The number of unbranched alkanes of at least 4 members (excludes halogenated alkanes) is 1. The lowest BCUT2D eigenvalue weighted by atomic mass is 9.84. The second-order valence-electron chi connectivity index (χ2n) is 16.7. The number of aromatic amines is 1. The predicted octanol–water partition coefficient (Wildman–Crippen LogP) is 4.82. The number of nitrogens with two attached hydrogens (primary N) is 1. The number of nitrogens with zero attached hydrogens (tertiary/aromatic N) is 2. The van der Waals surface area contributed by atoms with Gasteiger partial charge in [-0.2, -0.15) is 0 Å². The highest BCUT2D eigenvalue weighted by Crippen LogP contribution is 2.29. The molecule has 2 aliphatic heterocycles. The fourth-order valence-electron chi connectivity index (χ4n) is 9.19. The Labute approximate surface area is 348 Å². The van der Waals surface area contributed by atoms with Gasteiger partial charge in [-0.05, 0) is 81.0 Å². The van der Waals surface area contributed by atoms with Gasteiger partial charge in [-0.1, -0.05) is 100 Å². The van der Waals surface area contributed by atoms with Crippen LogP contribution in [0.25, 0.3) is 10.9 Å². The number of benzene rings is 2. The zero-order chi connectivity index (χ0) is 41.7. The number of imide groups is 1. The van der Waals surface area contributed by atoms with Crippen LogP contribution in [0.5, 0.6) is 0 Å². The van der Waals surface area contributed by atoms with Gasteiger partial charge in [-0.25, -0.2) is 0 Å². The van der Waals surface area contributed by atoms with Crippen LogP contribution in [-0.2, 0) is 41.6 Å². The molecule has 2 aromatic carbocycles. The molecule has 13 heteroatoms. The van der Waals surface area contributed by atoms with Crippen LogP contribution in [0.4, 0.5) is 0 Å². The number of hydrogen-bond donors (Lipinski definition) is 5. The molecule has 1 aromatic heterocycles. The highest BCUT2D eigenvalue weighted by Gasteiger charge is 2.45. The highest BCUT2D eigenvalue weighted by atomic mass is 16.2. The quantitative estimate of drug-likeness (QED) is 0.155. The van der Waals surface area contributed by atoms with E-state index in [9.17, 15) is 24.0 Å². The summed E-state index contributed by atoms with van der Waals surface area (Å²) in [6.07, 6.45) is 11.3. The maximum absolute atomic E-state index is 15.0. The number of carbonyl (C=O) groups is 6. The fourth-order valence-corrected chi connectivity index (χ4v) is 9.19. The SMILES string of the molecule is CCCC[C@@H]1NC(=O)[C@H](Cc2c[nH]c3ccccc23)NC(=O)[C@H](CC2CCCCC2)NC(=O)[C@@H]2CCCN2C(=O)[C@H](CCCN)N(C(=O)CCCc2ccccc2)C1=O. The van der Waals surface area contributed by atoms with Crippen LogP contribution in [0.3, 0.4) is 0 Å². The number of para-hydroxylation sites is 1. The first-order valence-corrected chi connectivity index (χ1v) is 22.0. The molecule has 2 saturated heterocycles. The van der Waals surface area contributed by atoms with Crippen molar-refractivity contribution in [3.05, 3.63) is 71.9 Å². The molecule has 3 heterocycles. The summed E-state index contributed by atoms with van der Waals surface area (Å²) >= 11 is 0. The summed E-state index contributed by atoms with van der Waals surface area (Å²) in [4.78, 5) is 93.7. The van der Waals surface area contributed by atoms with Crippen molar-refractivity contribution < 1.29 is 28.8 Å². The van der Waals surface area contributed by atoms with E-state index in [0.29, 0.717) is 51.4 Å². The Balaban J connectivity index is 1.40. The number of aromatic nitrogens is 1. The highest BCUT2D eigenvalue weighted by molar-refractivity contribution is 6.05. The largest absolute Gasteiger partial charge is 0.361 e. The zero-order valence-electron chi connectivity index (χ0n) is 34.6. The zero-order valence-corrected chi connectivity index (χ0v) is 34.6. The number of rotatable bonds is 14. The number of nitrogens with one attached hydrogen (secondary N) is 4. The third-order valence-corrected chi connectivity index (χ3v) is 12.4. The van der Waals surface area contributed by atoms with E-state index in [2.05, 4.69) is 20.9 Å². The van der Waals surface area contributed by atoms with Gasteiger partial charge in [-0.15, -0.1) is 0 Å². The average Bonchev–Trinajstić information content (AvgIpc) is 3.91. The van der Waals surface area contributed by atoms with Crippen LogP contribution in [0.2, 0.25) is 0 Å². The van der Waals surface area contributed by atoms with E-state index in [4.69, 9.17) is 5.73 Å². The third kappa shape index (κ3) is 11.2. The molecule has 3 fully saturated rings. The maximum atomic E-state index is 15.0. The molecule has 5 atom stereocenters. The van der Waals surface area contributed by atoms with Gasteiger partial charge in [0.05, 0.1) is 0 Å². The summed E-state index contributed by atoms with van der Waals surface area (Å²) in [6, 6.07) is 12.1. The number of amides is 6. The summed E-state index contributed by atoms with van der Waals surface area (Å²) in [5.41, 5.74) is 8.71. The minimum absolute atomic E-state index is 0.00646. The molecule has 1 saturated carbocycles. The Hall–Kier alpha value is -5.04. The standard InChI is InChI=1S/C46H63N7O6/c1-2-3-21-36-45(58)53(41(54)25-12-19-31-15-6-4-7-16-31)40(23-13-26-47)46(59)52-27-14-24-39(52)44(57)51-37(28-32-17-8-5-9-18-32)42(55)50-38(43(56)49-36)29-33-30-48-35-22-11-10-20-34(33)35/h4,6-7,10-11,15-16,20,22,30,32,36-40,48H,2-3,5,8-9,12-14,17-19,21,23-29,47H2,1H3,(H,49,56)(H,50,55)(H,51,57)/t36-,37-,38-,39-,40-/m0/s1. The second-order valence-corrected chi connectivity index (χ2v) is 16.7. The molecule has 13 nitrogen and oxygen atoms in total. The lowest BCUT2D eigenvalue weighted by Gasteiger charge is -2.36. The topological polar surface area (TPSA) is 187 Å². The maximum Gasteiger partial charge on any atom is 0.252 e. The molecule has 3 aliphatic rings. The lowest BCUT2D eigenvalue weighted by Crippen LogP contribution is -2.60. The van der Waals surface area contributed by atoms with Crippen LogP contribution >= 0.6 is 0 Å². The van der Waals surface area contributed by atoms with E-state index < -0.39 is 65.7 Å². The molecule has 0 spiro atoms. The normalized spacial score (nSPS) is 24.0. The van der Waals surface area contributed by atoms with E-state index in [1.165, 1.54) is 4.90 Å². The molecular formula is C46H63N7O6. The van der Waals surface area contributed by atoms with Gasteiger partial charge in [0, 0.05) is 36.5 Å². The minimum atomic E-state index is -1.23. The van der Waals surface area contributed by atoms with Crippen molar-refractivity contribution in [1.29, 1.82) is 0 Å². The number of fused-ring (bicyclic) bond motifs is 2. The van der Waals surface area contributed by atoms with E-state index >= 15 is 4.79 Å². The van der Waals surface area contributed by atoms with Gasteiger partial charge in [-0.3, -0.25) is 33.7 Å². The molecule has 6 rings (SSSR count). The van der Waals surface area contributed by atoms with Crippen molar-refractivity contribution in [2.45, 2.75) is 146 Å². The van der Waals surface area contributed by atoms with Crippen molar-refractivity contribution in [3.63, 3.8) is 0 Å². The number of hydrogen-bond acceptors (Lipinski definition) is 7. The molecule has 59 heavy (non-hydrogen) atoms. The molecule has 3 aromatic rings. The molecule has 6 N–H and O–H groups in total. The smallest absolute Gasteiger partial charge is 0.252 e. The molecule has 6 amide bonds. The van der Waals surface area contributed by atoms with Crippen LogP contribution in [0, 0.1) is 5.92 Å². The summed E-state index contributed by atoms with van der Waals surface area (Å²) in [7, 11) is 0. The lowest BCUT2D eigenvalue weighted by molar-refractivity contribution is -0.158. The van der Waals surface area contributed by atoms with E-state index in [1.807, 2.05) is 67.7 Å². The number of carbonyl (C=O) groups excluding carboxylic acids is 6. The van der Waals surface area contributed by atoms with Crippen molar-refractivity contribution in [2.24, 2.45) is 11.7 Å². The van der Waals surface area contributed by atoms with Crippen LogP contribution < -0.4 is 21.7 Å². The fraction of sp³-hybridized carbons (Fsp3) is 0.565. The summed E-state index contributed by atoms with van der Waals surface area (Å²) in [6.45, 7) is 2.46. The molecule has 0 unspecified atom stereocenters. The Morgan fingerprint density at radius 1 is 0.746 bits per heavy atom. The van der Waals surface area contributed by atoms with Gasteiger partial charge in [0.15, 0.2) is 0 Å². The van der Waals surface area contributed by atoms with Crippen LogP contribution in [-0.4, -0.2) is 93.5 Å². The van der Waals surface area contributed by atoms with Crippen molar-refractivity contribution >= 4 is 46.3 Å². The summed E-state index contributed by atoms with van der Waals surface area (Å²) < 4.78 is 0. The predicted molar refractivity (Wildman–Crippen MR) is 227 cm³/mol. The Morgan fingerprint density at radius 2 is 1.46 bits per heavy atom. The molecule has 0 radical (unpaired) electrons. The second kappa shape index (κ2) is 21.3. The van der Waals surface area contributed by atoms with Crippen LogP contribution in [0.15, 0.2) is 60.8 Å². The van der Waals surface area contributed by atoms with Crippen LogP contribution in [0.1, 0.15) is 114 Å². The molecule has 318 valence electrons. The van der Waals surface area contributed by atoms with Gasteiger partial charge >= 0.3 is 0 Å². The van der Waals surface area contributed by atoms with E-state index in [0.717, 1.165) is 59.0 Å². The summed E-state index contributed by atoms with van der Waals surface area (Å²) in [5, 5.41) is 9.90. The average molecular weight is 810 g/mol. The minimum Gasteiger partial charge on any atom is -0.361 e. The molecule has 1 aliphatic carbocycles. The van der Waals surface area contributed by atoms with Crippen molar-refractivity contribution in [1.82, 2.24) is 30.7 Å². The van der Waals surface area contributed by atoms with Crippen molar-refractivity contribution in [3.8, 4) is 0 Å². The Kier molecular flexibility index (Phi) is 15.7. The molecule has 0 bridgehead atoms.